The first-order valence-corrected chi connectivity index (χ1v) is 5.16. The molecule has 0 unspecified atom stereocenters. The molecule has 2 aromatic heterocycles. The topological polar surface area (TPSA) is 46.0 Å². The summed E-state index contributed by atoms with van der Waals surface area (Å²) < 4.78 is 0. The number of aromatic nitrogens is 2. The van der Waals surface area contributed by atoms with Crippen LogP contribution in [0.4, 0.5) is 0 Å². The standard InChI is InChI=1S/C10H10N2OS/c1-7-3-5-14-10(7)8-2-4-11-9(6-13)12-8/h2-5,13H,6H2,1H3. The van der Waals surface area contributed by atoms with E-state index in [1.54, 1.807) is 17.5 Å². The molecule has 0 fully saturated rings. The first-order valence-electron chi connectivity index (χ1n) is 4.28. The molecule has 0 saturated heterocycles. The fourth-order valence-corrected chi connectivity index (χ4v) is 2.13. The number of hydrogen-bond acceptors (Lipinski definition) is 4. The Kier molecular flexibility index (Phi) is 2.56. The maximum absolute atomic E-state index is 8.91. The number of aryl methyl sites for hydroxylation is 1. The number of rotatable bonds is 2. The van der Waals surface area contributed by atoms with Crippen LogP contribution in [0.3, 0.4) is 0 Å². The van der Waals surface area contributed by atoms with Crippen LogP contribution < -0.4 is 0 Å². The van der Waals surface area contributed by atoms with Gasteiger partial charge in [0.25, 0.3) is 0 Å². The van der Waals surface area contributed by atoms with Gasteiger partial charge in [0.2, 0.25) is 0 Å². The van der Waals surface area contributed by atoms with Gasteiger partial charge < -0.3 is 5.11 Å². The third-order valence-corrected chi connectivity index (χ3v) is 2.98. The zero-order valence-electron chi connectivity index (χ0n) is 7.77. The molecule has 3 nitrogen and oxygen atoms in total. The summed E-state index contributed by atoms with van der Waals surface area (Å²) in [6.07, 6.45) is 1.67. The Morgan fingerprint density at radius 2 is 2.29 bits per heavy atom. The Labute approximate surface area is 86.1 Å². The van der Waals surface area contributed by atoms with Crippen molar-refractivity contribution in [1.82, 2.24) is 9.97 Å². The Morgan fingerprint density at radius 1 is 1.43 bits per heavy atom. The number of thiophene rings is 1. The van der Waals surface area contributed by atoms with E-state index < -0.39 is 0 Å². The van der Waals surface area contributed by atoms with Gasteiger partial charge in [-0.2, -0.15) is 0 Å². The van der Waals surface area contributed by atoms with Crippen LogP contribution in [0.2, 0.25) is 0 Å². The van der Waals surface area contributed by atoms with Crippen LogP contribution in [0, 0.1) is 6.92 Å². The molecule has 1 N–H and O–H groups in total. The lowest BCUT2D eigenvalue weighted by Crippen LogP contribution is -1.94. The second kappa shape index (κ2) is 3.86. The van der Waals surface area contributed by atoms with Crippen molar-refractivity contribution in [3.8, 4) is 10.6 Å². The molecule has 0 aliphatic heterocycles. The Bertz CT molecular complexity index is 439. The second-order valence-corrected chi connectivity index (χ2v) is 3.87. The van der Waals surface area contributed by atoms with E-state index in [2.05, 4.69) is 16.0 Å². The van der Waals surface area contributed by atoms with E-state index in [1.807, 2.05) is 18.4 Å². The molecule has 0 amide bonds. The van der Waals surface area contributed by atoms with E-state index in [-0.39, 0.29) is 6.61 Å². The summed E-state index contributed by atoms with van der Waals surface area (Å²) in [4.78, 5) is 9.33. The normalized spacial score (nSPS) is 10.4. The van der Waals surface area contributed by atoms with Gasteiger partial charge in [0, 0.05) is 6.20 Å². The first-order chi connectivity index (χ1) is 6.81. The third-order valence-electron chi connectivity index (χ3n) is 1.94. The largest absolute Gasteiger partial charge is 0.388 e. The molecular formula is C10H10N2OS. The minimum Gasteiger partial charge on any atom is -0.388 e. The Balaban J connectivity index is 2.47. The molecule has 0 spiro atoms. The summed E-state index contributed by atoms with van der Waals surface area (Å²) in [5.41, 5.74) is 2.09. The SMILES string of the molecule is Cc1ccsc1-c1ccnc(CO)n1. The predicted molar refractivity (Wildman–Crippen MR) is 56.0 cm³/mol. The van der Waals surface area contributed by atoms with E-state index in [4.69, 9.17) is 5.11 Å². The lowest BCUT2D eigenvalue weighted by atomic mass is 10.2. The van der Waals surface area contributed by atoms with Gasteiger partial charge in [-0.15, -0.1) is 11.3 Å². The van der Waals surface area contributed by atoms with E-state index in [1.165, 1.54) is 5.56 Å². The molecule has 0 atom stereocenters. The number of nitrogens with zero attached hydrogens (tertiary/aromatic N) is 2. The molecule has 0 bridgehead atoms. The summed E-state index contributed by atoms with van der Waals surface area (Å²) in [6.45, 7) is 1.94. The molecule has 2 heterocycles. The van der Waals surface area contributed by atoms with Gasteiger partial charge in [0.1, 0.15) is 6.61 Å². The smallest absolute Gasteiger partial charge is 0.154 e. The van der Waals surface area contributed by atoms with Gasteiger partial charge in [-0.25, -0.2) is 9.97 Å². The van der Waals surface area contributed by atoms with E-state index in [0.29, 0.717) is 5.82 Å². The summed E-state index contributed by atoms with van der Waals surface area (Å²) in [5.74, 6) is 0.468. The molecule has 14 heavy (non-hydrogen) atoms. The fraction of sp³-hybridized carbons (Fsp3) is 0.200. The number of hydrogen-bond donors (Lipinski definition) is 1. The lowest BCUT2D eigenvalue weighted by molar-refractivity contribution is 0.271. The molecule has 0 aliphatic carbocycles. The van der Waals surface area contributed by atoms with Crippen molar-refractivity contribution in [2.45, 2.75) is 13.5 Å². The van der Waals surface area contributed by atoms with Crippen molar-refractivity contribution in [2.75, 3.05) is 0 Å². The molecular weight excluding hydrogens is 196 g/mol. The minimum absolute atomic E-state index is 0.113. The van der Waals surface area contributed by atoms with Crippen LogP contribution in [0.25, 0.3) is 10.6 Å². The molecule has 0 aromatic carbocycles. The Hall–Kier alpha value is -1.26. The molecule has 2 aromatic rings. The highest BCUT2D eigenvalue weighted by molar-refractivity contribution is 7.13. The zero-order valence-corrected chi connectivity index (χ0v) is 8.58. The van der Waals surface area contributed by atoms with Crippen LogP contribution in [0.1, 0.15) is 11.4 Å². The van der Waals surface area contributed by atoms with Crippen molar-refractivity contribution < 1.29 is 5.11 Å². The average Bonchev–Trinajstić information content (AvgIpc) is 2.65. The first kappa shape index (κ1) is 9.30. The zero-order chi connectivity index (χ0) is 9.97. The molecule has 4 heteroatoms. The fourth-order valence-electron chi connectivity index (χ4n) is 1.24. The molecule has 2 rings (SSSR count). The van der Waals surface area contributed by atoms with Crippen molar-refractivity contribution in [1.29, 1.82) is 0 Å². The summed E-state index contributed by atoms with van der Waals surface area (Å²) >= 11 is 1.65. The van der Waals surface area contributed by atoms with Gasteiger partial charge in [-0.05, 0) is 30.0 Å². The number of aliphatic hydroxyl groups is 1. The van der Waals surface area contributed by atoms with Crippen molar-refractivity contribution in [3.05, 3.63) is 35.1 Å². The van der Waals surface area contributed by atoms with Crippen LogP contribution in [0.15, 0.2) is 23.7 Å². The van der Waals surface area contributed by atoms with Gasteiger partial charge in [0.15, 0.2) is 5.82 Å². The van der Waals surface area contributed by atoms with Crippen LogP contribution in [0.5, 0.6) is 0 Å². The monoisotopic (exact) mass is 206 g/mol. The average molecular weight is 206 g/mol. The van der Waals surface area contributed by atoms with Crippen molar-refractivity contribution in [3.63, 3.8) is 0 Å². The highest BCUT2D eigenvalue weighted by Crippen LogP contribution is 2.26. The van der Waals surface area contributed by atoms with E-state index in [9.17, 15) is 0 Å². The summed E-state index contributed by atoms with van der Waals surface area (Å²) in [5, 5.41) is 10.9. The van der Waals surface area contributed by atoms with E-state index in [0.717, 1.165) is 10.6 Å². The third kappa shape index (κ3) is 1.66. The van der Waals surface area contributed by atoms with Gasteiger partial charge in [-0.3, -0.25) is 0 Å². The highest BCUT2D eigenvalue weighted by Gasteiger charge is 2.05. The van der Waals surface area contributed by atoms with Gasteiger partial charge >= 0.3 is 0 Å². The maximum atomic E-state index is 8.91. The van der Waals surface area contributed by atoms with Gasteiger partial charge in [0.05, 0.1) is 10.6 Å². The predicted octanol–water partition coefficient (Wildman–Crippen LogP) is 2.01. The quantitative estimate of drug-likeness (QED) is 0.817. The van der Waals surface area contributed by atoms with Crippen molar-refractivity contribution >= 4 is 11.3 Å². The second-order valence-electron chi connectivity index (χ2n) is 2.95. The van der Waals surface area contributed by atoms with E-state index >= 15 is 0 Å². The highest BCUT2D eigenvalue weighted by atomic mass is 32.1. The van der Waals surface area contributed by atoms with Crippen molar-refractivity contribution in [2.24, 2.45) is 0 Å². The van der Waals surface area contributed by atoms with Crippen LogP contribution >= 0.6 is 11.3 Å². The molecule has 72 valence electrons. The molecule has 0 aliphatic rings. The summed E-state index contributed by atoms with van der Waals surface area (Å²) in [6, 6.07) is 3.92. The van der Waals surface area contributed by atoms with Gasteiger partial charge in [-0.1, -0.05) is 0 Å². The maximum Gasteiger partial charge on any atom is 0.154 e. The van der Waals surface area contributed by atoms with Crippen LogP contribution in [-0.4, -0.2) is 15.1 Å². The number of aliphatic hydroxyl groups excluding tert-OH is 1. The molecule has 0 radical (unpaired) electrons. The summed E-state index contributed by atoms with van der Waals surface area (Å²) in [7, 11) is 0. The van der Waals surface area contributed by atoms with Crippen LogP contribution in [-0.2, 0) is 6.61 Å². The Morgan fingerprint density at radius 3 is 2.93 bits per heavy atom. The molecule has 0 saturated carbocycles. The lowest BCUT2D eigenvalue weighted by Gasteiger charge is -2.00. The minimum atomic E-state index is -0.113.